The van der Waals surface area contributed by atoms with Gasteiger partial charge in [-0.3, -0.25) is 9.59 Å². The molecule has 0 radical (unpaired) electrons. The lowest BCUT2D eigenvalue weighted by atomic mass is 9.88. The summed E-state index contributed by atoms with van der Waals surface area (Å²) in [5.74, 6) is -5.97. The fraction of sp³-hybridized carbons (Fsp3) is 0.949. The van der Waals surface area contributed by atoms with E-state index in [4.69, 9.17) is 18.9 Å². The first-order valence-electron chi connectivity index (χ1n) is 31.1. The topological polar surface area (TPSA) is 355 Å². The molecule has 15 unspecified atom stereocenters. The Balaban J connectivity index is 2.01. The van der Waals surface area contributed by atoms with Gasteiger partial charge in [-0.1, -0.05) is 213 Å². The highest BCUT2D eigenvalue weighted by atomic mass is 16.7. The minimum absolute atomic E-state index is 0.142. The Labute approximate surface area is 477 Å². The van der Waals surface area contributed by atoms with E-state index < -0.39 is 142 Å². The monoisotopic (exact) mass is 1150 g/mol. The second-order valence-electron chi connectivity index (χ2n) is 23.4. The predicted molar refractivity (Wildman–Crippen MR) is 301 cm³/mol. The van der Waals surface area contributed by atoms with Crippen LogP contribution in [-0.2, 0) is 33.3 Å². The Morgan fingerprint density at radius 3 is 1.52 bits per heavy atom. The number of unbranched alkanes of at least 4 members (excludes halogenated alkanes) is 27. The molecule has 472 valence electrons. The average Bonchev–Trinajstić information content (AvgIpc) is 3.43. The minimum Gasteiger partial charge on any atom is -0.477 e. The van der Waals surface area contributed by atoms with Crippen molar-refractivity contribution >= 4 is 17.8 Å². The summed E-state index contributed by atoms with van der Waals surface area (Å²) in [6, 6.07) is -3.03. The van der Waals surface area contributed by atoms with Crippen molar-refractivity contribution in [1.29, 1.82) is 0 Å². The van der Waals surface area contributed by atoms with Crippen LogP contribution >= 0.6 is 0 Å². The van der Waals surface area contributed by atoms with E-state index in [1.165, 1.54) is 122 Å². The van der Waals surface area contributed by atoms with Crippen LogP contribution in [-0.4, -0.2) is 197 Å². The van der Waals surface area contributed by atoms with Crippen molar-refractivity contribution in [3.63, 3.8) is 0 Å². The van der Waals surface area contributed by atoms with E-state index >= 15 is 0 Å². The van der Waals surface area contributed by atoms with Crippen LogP contribution in [0.25, 0.3) is 0 Å². The van der Waals surface area contributed by atoms with Crippen LogP contribution in [0.15, 0.2) is 0 Å². The van der Waals surface area contributed by atoms with Crippen LogP contribution < -0.4 is 10.6 Å². The molecule has 14 N–H and O–H groups in total. The highest BCUT2D eigenvalue weighted by Crippen LogP contribution is 2.35. The van der Waals surface area contributed by atoms with Crippen molar-refractivity contribution in [3.05, 3.63) is 0 Å². The molecule has 0 aromatic heterocycles. The lowest BCUT2D eigenvalue weighted by Gasteiger charge is -2.47. The van der Waals surface area contributed by atoms with Gasteiger partial charge in [-0.25, -0.2) is 4.79 Å². The van der Waals surface area contributed by atoms with Crippen molar-refractivity contribution < 1.29 is 94.6 Å². The molecule has 21 heteroatoms. The summed E-state index contributed by atoms with van der Waals surface area (Å²) >= 11 is 0. The fourth-order valence-corrected chi connectivity index (χ4v) is 10.7. The predicted octanol–water partition coefficient (Wildman–Crippen LogP) is 4.68. The molecule has 0 aliphatic carbocycles. The molecule has 2 heterocycles. The maximum atomic E-state index is 13.5. The Hall–Kier alpha value is -2.19. The third-order valence-corrected chi connectivity index (χ3v) is 15.9. The number of carboxylic acids is 1. The number of carboxylic acid groups (broad SMARTS) is 1. The number of aliphatic carboxylic acids is 1. The summed E-state index contributed by atoms with van der Waals surface area (Å²) in [6.45, 7) is 2.96. The number of ether oxygens (including phenoxy) is 4. The van der Waals surface area contributed by atoms with Crippen molar-refractivity contribution in [2.75, 3.05) is 26.4 Å². The van der Waals surface area contributed by atoms with Crippen LogP contribution in [0.4, 0.5) is 0 Å². The van der Waals surface area contributed by atoms with Gasteiger partial charge in [-0.2, -0.15) is 0 Å². The van der Waals surface area contributed by atoms with E-state index in [1.807, 2.05) is 0 Å². The Bertz CT molecular complexity index is 1590. The van der Waals surface area contributed by atoms with Crippen LogP contribution in [0, 0.1) is 5.92 Å². The first-order chi connectivity index (χ1) is 38.3. The maximum Gasteiger partial charge on any atom is 0.364 e. The lowest BCUT2D eigenvalue weighted by molar-refractivity contribution is -0.339. The van der Waals surface area contributed by atoms with Gasteiger partial charge in [0.1, 0.15) is 61.5 Å². The number of hydrogen-bond acceptors (Lipinski definition) is 18. The zero-order valence-electron chi connectivity index (χ0n) is 49.0. The number of aliphatic hydroxyl groups is 11. The molecule has 21 nitrogen and oxygen atoms in total. The van der Waals surface area contributed by atoms with Gasteiger partial charge >= 0.3 is 5.97 Å². The molecular formula is C59H112N2O19. The highest BCUT2D eigenvalue weighted by Gasteiger charge is 2.57. The summed E-state index contributed by atoms with van der Waals surface area (Å²) in [4.78, 5) is 38.3. The van der Waals surface area contributed by atoms with Crippen molar-refractivity contribution in [2.24, 2.45) is 5.92 Å². The van der Waals surface area contributed by atoms with Crippen LogP contribution in [0.5, 0.6) is 0 Å². The molecule has 2 rings (SSSR count). The van der Waals surface area contributed by atoms with Crippen LogP contribution in [0.3, 0.4) is 0 Å². The molecule has 80 heavy (non-hydrogen) atoms. The molecule has 0 aromatic rings. The molecular weight excluding hydrogens is 1040 g/mol. The Morgan fingerprint density at radius 1 is 0.613 bits per heavy atom. The number of amides is 2. The molecule has 2 amide bonds. The van der Waals surface area contributed by atoms with Gasteiger partial charge in [0, 0.05) is 6.42 Å². The quantitative estimate of drug-likeness (QED) is 0.0368. The van der Waals surface area contributed by atoms with Gasteiger partial charge < -0.3 is 90.9 Å². The SMILES string of the molecule is CCCCCCCCCCCCCCCCCCCCCCC(O)C(=O)NC(COC1OC(COC2(C(=O)O)CC(O)C(NC(=O)CO)C(C(O)C(O)CO)O2)C(O)C(O)C1O)C(O)C(O)CCCCCCCCCCCC(C)C. The molecule has 0 aromatic carbocycles. The molecule has 2 saturated heterocycles. The molecule has 2 aliphatic rings. The first kappa shape index (κ1) is 73.9. The van der Waals surface area contributed by atoms with E-state index in [2.05, 4.69) is 31.4 Å². The number of carbonyl (C=O) groups excluding carboxylic acids is 2. The van der Waals surface area contributed by atoms with Crippen LogP contribution in [0.1, 0.15) is 233 Å². The third kappa shape index (κ3) is 29.1. The van der Waals surface area contributed by atoms with Crippen LogP contribution in [0.2, 0.25) is 0 Å². The van der Waals surface area contributed by atoms with Crippen molar-refractivity contribution in [3.8, 4) is 0 Å². The van der Waals surface area contributed by atoms with E-state index in [9.17, 15) is 75.7 Å². The second kappa shape index (κ2) is 43.4. The number of rotatable bonds is 49. The van der Waals surface area contributed by atoms with Gasteiger partial charge in [0.15, 0.2) is 6.29 Å². The number of nitrogens with one attached hydrogen (secondary N) is 2. The fourth-order valence-electron chi connectivity index (χ4n) is 10.7. The minimum atomic E-state index is -2.89. The zero-order chi connectivity index (χ0) is 59.3. The standard InChI is InChI=1S/C59H112N2O19/c1-4-5-6-7-8-9-10-11-12-13-14-15-16-17-18-19-22-26-29-32-35-44(65)56(74)60-42(50(69)43(64)34-31-28-25-23-20-21-24-27-30-33-41(2)3)39-77-57-54(73)53(72)52(71)47(79-57)40-78-59(58(75)76)36-45(66)49(61-48(68)38-63)55(80-59)51(70)46(67)37-62/h41-47,49-55,57,62-67,69-73H,4-40H2,1-3H3,(H,60,74)(H,61,68)(H,75,76). The second-order valence-corrected chi connectivity index (χ2v) is 23.4. The molecule has 2 aliphatic heterocycles. The van der Waals surface area contributed by atoms with Crippen molar-refractivity contribution in [1.82, 2.24) is 10.6 Å². The average molecular weight is 1150 g/mol. The highest BCUT2D eigenvalue weighted by molar-refractivity contribution is 5.80. The maximum absolute atomic E-state index is 13.5. The number of aliphatic hydroxyl groups excluding tert-OH is 11. The van der Waals surface area contributed by atoms with Gasteiger partial charge in [0.2, 0.25) is 11.8 Å². The van der Waals surface area contributed by atoms with Gasteiger partial charge in [-0.05, 0) is 18.8 Å². The molecule has 0 saturated carbocycles. The molecule has 0 spiro atoms. The van der Waals surface area contributed by atoms with E-state index in [0.29, 0.717) is 18.8 Å². The van der Waals surface area contributed by atoms with Gasteiger partial charge in [-0.15, -0.1) is 0 Å². The number of hydrogen-bond donors (Lipinski definition) is 14. The Kier molecular flexibility index (Phi) is 40.1. The van der Waals surface area contributed by atoms with E-state index in [0.717, 1.165) is 57.8 Å². The van der Waals surface area contributed by atoms with Gasteiger partial charge in [0.25, 0.3) is 5.79 Å². The molecule has 0 bridgehead atoms. The summed E-state index contributed by atoms with van der Waals surface area (Å²) in [5.41, 5.74) is 0. The summed E-state index contributed by atoms with van der Waals surface area (Å²) in [6.07, 6.45) is 12.3. The van der Waals surface area contributed by atoms with E-state index in [-0.39, 0.29) is 12.8 Å². The lowest BCUT2D eigenvalue weighted by Crippen LogP contribution is -2.68. The summed E-state index contributed by atoms with van der Waals surface area (Å²) in [7, 11) is 0. The van der Waals surface area contributed by atoms with Crippen molar-refractivity contribution in [2.45, 2.75) is 324 Å². The summed E-state index contributed by atoms with van der Waals surface area (Å²) < 4.78 is 22.8. The van der Waals surface area contributed by atoms with E-state index in [1.54, 1.807) is 0 Å². The van der Waals surface area contributed by atoms with Gasteiger partial charge in [0.05, 0.1) is 44.1 Å². The zero-order valence-corrected chi connectivity index (χ0v) is 49.0. The molecule has 15 atom stereocenters. The first-order valence-corrected chi connectivity index (χ1v) is 31.1. The summed E-state index contributed by atoms with van der Waals surface area (Å²) in [5, 5.41) is 132. The smallest absolute Gasteiger partial charge is 0.364 e. The third-order valence-electron chi connectivity index (χ3n) is 15.9. The Morgan fingerprint density at radius 2 is 1.07 bits per heavy atom. The molecule has 2 fully saturated rings. The number of carbonyl (C=O) groups is 3. The normalized spacial score (nSPS) is 25.7. The largest absolute Gasteiger partial charge is 0.477 e.